The van der Waals surface area contributed by atoms with E-state index in [1.807, 2.05) is 60.7 Å². The molecule has 0 bridgehead atoms. The molecule has 1 aliphatic rings. The Hall–Kier alpha value is -2.62. The predicted octanol–water partition coefficient (Wildman–Crippen LogP) is 2.75. The molecule has 1 aliphatic heterocycles. The van der Waals surface area contributed by atoms with Gasteiger partial charge in [0, 0.05) is 5.56 Å². The molecule has 3 rings (SSSR count). The summed E-state index contributed by atoms with van der Waals surface area (Å²) >= 11 is 0. The van der Waals surface area contributed by atoms with Crippen LogP contribution in [-0.2, 0) is 14.3 Å². The average molecular weight is 281 g/mol. The first-order valence-electron chi connectivity index (χ1n) is 6.72. The molecule has 0 saturated carbocycles. The molecule has 1 heterocycles. The van der Waals surface area contributed by atoms with Crippen molar-refractivity contribution in [1.82, 2.24) is 0 Å². The molecular formula is C17H15NO3. The summed E-state index contributed by atoms with van der Waals surface area (Å²) in [6, 6.07) is 18.8. The van der Waals surface area contributed by atoms with Crippen molar-refractivity contribution in [2.75, 3.05) is 7.11 Å². The van der Waals surface area contributed by atoms with E-state index in [0.29, 0.717) is 5.90 Å². The van der Waals surface area contributed by atoms with Crippen molar-refractivity contribution in [2.45, 2.75) is 12.1 Å². The minimum absolute atomic E-state index is 0.381. The third-order valence-corrected chi connectivity index (χ3v) is 3.38. The molecule has 0 fully saturated rings. The lowest BCUT2D eigenvalue weighted by Crippen LogP contribution is -2.28. The van der Waals surface area contributed by atoms with Gasteiger partial charge in [0.2, 0.25) is 12.0 Å². The molecule has 0 aliphatic carbocycles. The van der Waals surface area contributed by atoms with Crippen molar-refractivity contribution < 1.29 is 14.3 Å². The molecule has 106 valence electrons. The Morgan fingerprint density at radius 2 is 1.67 bits per heavy atom. The smallest absolute Gasteiger partial charge is 0.349 e. The first kappa shape index (κ1) is 13.4. The summed E-state index contributed by atoms with van der Waals surface area (Å²) in [5.41, 5.74) is 1.78. The predicted molar refractivity (Wildman–Crippen MR) is 79.1 cm³/mol. The number of aliphatic imine (C=N–C) groups is 1. The number of carbonyl (C=O) groups is 1. The van der Waals surface area contributed by atoms with E-state index >= 15 is 0 Å². The molecular weight excluding hydrogens is 266 g/mol. The summed E-state index contributed by atoms with van der Waals surface area (Å²) in [7, 11) is 1.36. The Morgan fingerprint density at radius 3 is 2.29 bits per heavy atom. The number of methoxy groups -OCH3 is 1. The zero-order chi connectivity index (χ0) is 14.7. The second kappa shape index (κ2) is 5.79. The number of nitrogens with zero attached hydrogens (tertiary/aromatic N) is 1. The van der Waals surface area contributed by atoms with Gasteiger partial charge in [-0.1, -0.05) is 48.5 Å². The lowest BCUT2D eigenvalue weighted by Gasteiger charge is -2.15. The largest absolute Gasteiger partial charge is 0.466 e. The van der Waals surface area contributed by atoms with Crippen LogP contribution in [0.5, 0.6) is 0 Å². The van der Waals surface area contributed by atoms with Crippen LogP contribution in [0, 0.1) is 0 Å². The highest BCUT2D eigenvalue weighted by Crippen LogP contribution is 2.31. The fourth-order valence-corrected chi connectivity index (χ4v) is 2.33. The summed E-state index contributed by atoms with van der Waals surface area (Å²) in [5, 5.41) is 0. The topological polar surface area (TPSA) is 47.9 Å². The normalized spacial score (nSPS) is 20.5. The first-order valence-corrected chi connectivity index (χ1v) is 6.72. The van der Waals surface area contributed by atoms with Crippen LogP contribution >= 0.6 is 0 Å². The summed E-state index contributed by atoms with van der Waals surface area (Å²) < 4.78 is 10.6. The van der Waals surface area contributed by atoms with Crippen molar-refractivity contribution >= 4 is 11.9 Å². The molecule has 2 aromatic rings. The Morgan fingerprint density at radius 1 is 1.05 bits per heavy atom. The van der Waals surface area contributed by atoms with Gasteiger partial charge < -0.3 is 9.47 Å². The molecule has 0 N–H and O–H groups in total. The molecule has 0 saturated heterocycles. The number of esters is 1. The second-order valence-corrected chi connectivity index (χ2v) is 4.72. The Balaban J connectivity index is 1.97. The van der Waals surface area contributed by atoms with E-state index in [1.165, 1.54) is 7.11 Å². The first-order chi connectivity index (χ1) is 10.3. The highest BCUT2D eigenvalue weighted by molar-refractivity contribution is 5.98. The van der Waals surface area contributed by atoms with Crippen molar-refractivity contribution in [3.05, 3.63) is 71.8 Å². The molecule has 0 unspecified atom stereocenters. The summed E-state index contributed by atoms with van der Waals surface area (Å²) in [4.78, 5) is 16.5. The van der Waals surface area contributed by atoms with Crippen LogP contribution in [0.4, 0.5) is 0 Å². The monoisotopic (exact) mass is 281 g/mol. The van der Waals surface area contributed by atoms with Crippen LogP contribution in [0.15, 0.2) is 65.7 Å². The van der Waals surface area contributed by atoms with Gasteiger partial charge in [-0.05, 0) is 17.7 Å². The zero-order valence-electron chi connectivity index (χ0n) is 11.6. The number of rotatable bonds is 3. The van der Waals surface area contributed by atoms with Crippen LogP contribution < -0.4 is 0 Å². The summed E-state index contributed by atoms with van der Waals surface area (Å²) in [6.45, 7) is 0. The van der Waals surface area contributed by atoms with Crippen LogP contribution in [-0.4, -0.2) is 25.1 Å². The van der Waals surface area contributed by atoms with Gasteiger partial charge >= 0.3 is 5.97 Å². The zero-order valence-corrected chi connectivity index (χ0v) is 11.6. The number of benzene rings is 2. The molecule has 0 aromatic heterocycles. The van der Waals surface area contributed by atoms with Gasteiger partial charge in [0.05, 0.1) is 7.11 Å². The molecule has 21 heavy (non-hydrogen) atoms. The molecule has 0 amide bonds. The maximum Gasteiger partial charge on any atom is 0.349 e. The molecule has 2 atom stereocenters. The third-order valence-electron chi connectivity index (χ3n) is 3.38. The molecule has 4 nitrogen and oxygen atoms in total. The van der Waals surface area contributed by atoms with E-state index in [-0.39, 0.29) is 6.04 Å². The van der Waals surface area contributed by atoms with E-state index < -0.39 is 12.1 Å². The number of hydrogen-bond acceptors (Lipinski definition) is 4. The minimum Gasteiger partial charge on any atom is -0.466 e. The maximum atomic E-state index is 12.0. The average Bonchev–Trinajstić information content (AvgIpc) is 3.01. The third kappa shape index (κ3) is 2.65. The van der Waals surface area contributed by atoms with E-state index in [1.54, 1.807) is 0 Å². The lowest BCUT2D eigenvalue weighted by atomic mass is 10.0. The molecule has 2 aromatic carbocycles. The second-order valence-electron chi connectivity index (χ2n) is 4.72. The van der Waals surface area contributed by atoms with Gasteiger partial charge in [-0.15, -0.1) is 0 Å². The van der Waals surface area contributed by atoms with Gasteiger partial charge in [-0.2, -0.15) is 0 Å². The number of hydrogen-bond donors (Lipinski definition) is 0. The fourth-order valence-electron chi connectivity index (χ4n) is 2.33. The van der Waals surface area contributed by atoms with Gasteiger partial charge in [-0.3, -0.25) is 0 Å². The Labute approximate surface area is 123 Å². The van der Waals surface area contributed by atoms with Gasteiger partial charge in [0.1, 0.15) is 6.04 Å². The lowest BCUT2D eigenvalue weighted by molar-refractivity contribution is -0.149. The van der Waals surface area contributed by atoms with E-state index in [2.05, 4.69) is 4.99 Å². The molecule has 4 heteroatoms. The van der Waals surface area contributed by atoms with E-state index in [0.717, 1.165) is 11.1 Å². The highest BCUT2D eigenvalue weighted by Gasteiger charge is 2.38. The molecule has 0 spiro atoms. The quantitative estimate of drug-likeness (QED) is 0.813. The van der Waals surface area contributed by atoms with E-state index in [9.17, 15) is 4.79 Å². The van der Waals surface area contributed by atoms with Crippen LogP contribution in [0.1, 0.15) is 17.2 Å². The van der Waals surface area contributed by atoms with Gasteiger partial charge in [0.15, 0.2) is 0 Å². The van der Waals surface area contributed by atoms with Gasteiger partial charge in [-0.25, -0.2) is 9.79 Å². The Bertz CT molecular complexity index is 652. The van der Waals surface area contributed by atoms with Crippen molar-refractivity contribution in [2.24, 2.45) is 4.99 Å². The molecule has 0 radical (unpaired) electrons. The maximum absolute atomic E-state index is 12.0. The van der Waals surface area contributed by atoms with Crippen LogP contribution in [0.2, 0.25) is 0 Å². The standard InChI is InChI=1S/C17H15NO3/c1-20-17(19)15-14(12-8-4-2-5-9-12)18-16(21-15)13-10-6-3-7-11-13/h2-11,14-15H,1H3/t14-,15-/m0/s1. The SMILES string of the molecule is COC(=O)[C@H]1OC(c2ccccc2)=N[C@H]1c1ccccc1. The van der Waals surface area contributed by atoms with E-state index in [4.69, 9.17) is 9.47 Å². The summed E-state index contributed by atoms with van der Waals surface area (Å²) in [6.07, 6.45) is -0.743. The summed E-state index contributed by atoms with van der Waals surface area (Å²) in [5.74, 6) is 0.0541. The van der Waals surface area contributed by atoms with Crippen LogP contribution in [0.3, 0.4) is 0 Å². The number of carbonyl (C=O) groups excluding carboxylic acids is 1. The number of ether oxygens (including phenoxy) is 2. The Kier molecular flexibility index (Phi) is 3.69. The van der Waals surface area contributed by atoms with Gasteiger partial charge in [0.25, 0.3) is 0 Å². The minimum atomic E-state index is -0.743. The van der Waals surface area contributed by atoms with Crippen molar-refractivity contribution in [3.8, 4) is 0 Å². The van der Waals surface area contributed by atoms with Crippen molar-refractivity contribution in [3.63, 3.8) is 0 Å². The van der Waals surface area contributed by atoms with Crippen LogP contribution in [0.25, 0.3) is 0 Å². The highest BCUT2D eigenvalue weighted by atomic mass is 16.6. The fraction of sp³-hybridized carbons (Fsp3) is 0.176. The van der Waals surface area contributed by atoms with Crippen molar-refractivity contribution in [1.29, 1.82) is 0 Å².